The summed E-state index contributed by atoms with van der Waals surface area (Å²) in [6.07, 6.45) is 7.48. The Morgan fingerprint density at radius 1 is 1.48 bits per heavy atom. The predicted octanol–water partition coefficient (Wildman–Crippen LogP) is 2.38. The molecule has 0 spiro atoms. The fourth-order valence-electron chi connectivity index (χ4n) is 3.88. The molecular weight excluding hydrogens is 290 g/mol. The van der Waals surface area contributed by atoms with E-state index in [0.29, 0.717) is 23.7 Å². The van der Waals surface area contributed by atoms with Gasteiger partial charge in [-0.05, 0) is 25.2 Å². The first-order valence-corrected chi connectivity index (χ1v) is 7.99. The molecule has 2 aliphatic rings. The van der Waals surface area contributed by atoms with E-state index in [1.54, 1.807) is 6.20 Å². The van der Waals surface area contributed by atoms with Crippen LogP contribution in [0.2, 0.25) is 5.15 Å². The van der Waals surface area contributed by atoms with Gasteiger partial charge in [-0.2, -0.15) is 0 Å². The minimum atomic E-state index is -0.140. The number of esters is 1. The van der Waals surface area contributed by atoms with E-state index in [9.17, 15) is 4.79 Å². The number of imidazole rings is 1. The lowest BCUT2D eigenvalue weighted by Crippen LogP contribution is -2.42. The molecule has 1 aromatic rings. The minimum absolute atomic E-state index is 0.121. The monoisotopic (exact) mass is 311 g/mol. The van der Waals surface area contributed by atoms with Gasteiger partial charge >= 0.3 is 5.97 Å². The molecule has 0 N–H and O–H groups in total. The van der Waals surface area contributed by atoms with E-state index in [1.165, 1.54) is 26.4 Å². The molecule has 0 bridgehead atoms. The lowest BCUT2D eigenvalue weighted by molar-refractivity contribution is -0.146. The molecule has 5 nitrogen and oxygen atoms in total. The Hall–Kier alpha value is -1.07. The third-order valence-electron chi connectivity index (χ3n) is 5.05. The van der Waals surface area contributed by atoms with Crippen molar-refractivity contribution in [2.75, 3.05) is 7.11 Å². The van der Waals surface area contributed by atoms with Gasteiger partial charge in [-0.15, -0.1) is 0 Å². The van der Waals surface area contributed by atoms with Crippen LogP contribution in [0.4, 0.5) is 0 Å². The Bertz CT molecular complexity index is 531. The number of methoxy groups -OCH3 is 1. The van der Waals surface area contributed by atoms with Crippen LogP contribution in [-0.4, -0.2) is 39.6 Å². The van der Waals surface area contributed by atoms with Crippen molar-refractivity contribution in [3.8, 4) is 0 Å². The molecule has 1 aliphatic heterocycles. The lowest BCUT2D eigenvalue weighted by atomic mass is 9.85. The van der Waals surface area contributed by atoms with Gasteiger partial charge < -0.3 is 9.30 Å². The van der Waals surface area contributed by atoms with Crippen LogP contribution in [0.5, 0.6) is 0 Å². The summed E-state index contributed by atoms with van der Waals surface area (Å²) >= 11 is 6.07. The molecule has 1 aliphatic carbocycles. The molecule has 0 radical (unpaired) electrons. The van der Waals surface area contributed by atoms with Crippen LogP contribution in [-0.2, 0) is 23.1 Å². The predicted molar refractivity (Wildman–Crippen MR) is 79.9 cm³/mol. The molecule has 3 atom stereocenters. The zero-order chi connectivity index (χ0) is 15.0. The minimum Gasteiger partial charge on any atom is -0.468 e. The Balaban J connectivity index is 1.84. The summed E-state index contributed by atoms with van der Waals surface area (Å²) in [4.78, 5) is 18.8. The van der Waals surface area contributed by atoms with Crippen LogP contribution >= 0.6 is 11.6 Å². The van der Waals surface area contributed by atoms with Crippen LogP contribution in [0.1, 0.15) is 37.9 Å². The first-order chi connectivity index (χ1) is 10.1. The second kappa shape index (κ2) is 5.97. The van der Waals surface area contributed by atoms with Crippen LogP contribution in [0, 0.1) is 5.92 Å². The molecule has 1 aromatic heterocycles. The van der Waals surface area contributed by atoms with E-state index in [2.05, 4.69) is 9.88 Å². The fraction of sp³-hybridized carbons (Fsp3) is 0.733. The number of ether oxygens (including phenoxy) is 1. The Morgan fingerprint density at radius 2 is 2.24 bits per heavy atom. The van der Waals surface area contributed by atoms with Gasteiger partial charge in [0, 0.05) is 13.1 Å². The quantitative estimate of drug-likeness (QED) is 0.804. The number of hydrogen-bond donors (Lipinski definition) is 0. The summed E-state index contributed by atoms with van der Waals surface area (Å²) in [7, 11) is 3.38. The van der Waals surface area contributed by atoms with Crippen molar-refractivity contribution < 1.29 is 9.53 Å². The zero-order valence-corrected chi connectivity index (χ0v) is 13.3. The van der Waals surface area contributed by atoms with Crippen LogP contribution < -0.4 is 0 Å². The van der Waals surface area contributed by atoms with E-state index in [-0.39, 0.29) is 12.0 Å². The number of aromatic nitrogens is 2. The van der Waals surface area contributed by atoms with Crippen molar-refractivity contribution in [3.05, 3.63) is 17.2 Å². The van der Waals surface area contributed by atoms with Gasteiger partial charge in [0.2, 0.25) is 0 Å². The second-order valence-corrected chi connectivity index (χ2v) is 6.50. The maximum atomic E-state index is 12.1. The highest BCUT2D eigenvalue weighted by atomic mass is 35.5. The summed E-state index contributed by atoms with van der Waals surface area (Å²) in [6.45, 7) is 0.657. The number of halogens is 1. The van der Waals surface area contributed by atoms with Gasteiger partial charge in [0.05, 0.1) is 19.9 Å². The van der Waals surface area contributed by atoms with Crippen LogP contribution in [0.25, 0.3) is 0 Å². The highest BCUT2D eigenvalue weighted by Gasteiger charge is 2.45. The van der Waals surface area contributed by atoms with E-state index in [0.717, 1.165) is 18.7 Å². The average Bonchev–Trinajstić information content (AvgIpc) is 3.02. The first-order valence-electron chi connectivity index (χ1n) is 7.61. The highest BCUT2D eigenvalue weighted by molar-refractivity contribution is 6.29. The molecule has 3 rings (SSSR count). The van der Waals surface area contributed by atoms with Gasteiger partial charge in [-0.1, -0.05) is 24.4 Å². The number of rotatable bonds is 3. The summed E-state index contributed by atoms with van der Waals surface area (Å²) in [5.41, 5.74) is 0. The lowest BCUT2D eigenvalue weighted by Gasteiger charge is -2.32. The third-order valence-corrected chi connectivity index (χ3v) is 5.40. The van der Waals surface area contributed by atoms with E-state index in [4.69, 9.17) is 16.3 Å². The molecule has 1 saturated heterocycles. The van der Waals surface area contributed by atoms with Crippen molar-refractivity contribution >= 4 is 17.6 Å². The van der Waals surface area contributed by atoms with Gasteiger partial charge in [-0.25, -0.2) is 4.98 Å². The Kier molecular flexibility index (Phi) is 4.22. The molecule has 0 amide bonds. The molecule has 116 valence electrons. The van der Waals surface area contributed by atoms with E-state index in [1.807, 2.05) is 11.6 Å². The maximum Gasteiger partial charge on any atom is 0.323 e. The smallest absolute Gasteiger partial charge is 0.323 e. The summed E-state index contributed by atoms with van der Waals surface area (Å²) < 4.78 is 6.89. The largest absolute Gasteiger partial charge is 0.468 e. The molecule has 1 saturated carbocycles. The number of fused-ring (bicyclic) bond motifs is 1. The first kappa shape index (κ1) is 14.9. The average molecular weight is 312 g/mol. The number of likely N-dealkylation sites (tertiary alicyclic amines) is 1. The third kappa shape index (κ3) is 2.69. The van der Waals surface area contributed by atoms with Crippen molar-refractivity contribution in [3.63, 3.8) is 0 Å². The second-order valence-electron chi connectivity index (χ2n) is 6.12. The summed E-state index contributed by atoms with van der Waals surface area (Å²) in [6, 6.07) is 0.330. The van der Waals surface area contributed by atoms with Crippen molar-refractivity contribution in [1.29, 1.82) is 0 Å². The number of nitrogens with zero attached hydrogens (tertiary/aromatic N) is 3. The van der Waals surface area contributed by atoms with Crippen LogP contribution in [0.15, 0.2) is 6.20 Å². The van der Waals surface area contributed by atoms with Gasteiger partial charge in [-0.3, -0.25) is 9.69 Å². The zero-order valence-electron chi connectivity index (χ0n) is 12.6. The number of carbonyl (C=O) groups excluding carboxylic acids is 1. The molecular formula is C15H22ClN3O2. The van der Waals surface area contributed by atoms with Crippen molar-refractivity contribution in [2.24, 2.45) is 13.0 Å². The Morgan fingerprint density at radius 3 is 2.90 bits per heavy atom. The van der Waals surface area contributed by atoms with Crippen LogP contribution in [0.3, 0.4) is 0 Å². The molecule has 0 aromatic carbocycles. The fourth-order valence-corrected chi connectivity index (χ4v) is 4.03. The molecule has 2 heterocycles. The summed E-state index contributed by atoms with van der Waals surface area (Å²) in [5.74, 6) is 1.39. The molecule has 21 heavy (non-hydrogen) atoms. The number of carbonyl (C=O) groups is 1. The van der Waals surface area contributed by atoms with E-state index < -0.39 is 0 Å². The Labute approximate surface area is 130 Å². The maximum absolute atomic E-state index is 12.1. The van der Waals surface area contributed by atoms with Gasteiger partial charge in [0.15, 0.2) is 0 Å². The van der Waals surface area contributed by atoms with Crippen molar-refractivity contribution in [1.82, 2.24) is 14.5 Å². The summed E-state index contributed by atoms with van der Waals surface area (Å²) in [5, 5.41) is 0.624. The van der Waals surface area contributed by atoms with Gasteiger partial charge in [0.25, 0.3) is 0 Å². The SMILES string of the molecule is COC(=O)[C@@H]1C[C@H]2CCCC[C@@H]2N1Cc1ncc(Cl)n1C. The number of hydrogen-bond acceptors (Lipinski definition) is 4. The molecule has 0 unspecified atom stereocenters. The topological polar surface area (TPSA) is 47.4 Å². The normalized spacial score (nSPS) is 29.4. The van der Waals surface area contributed by atoms with Crippen molar-refractivity contribution in [2.45, 2.75) is 50.7 Å². The standard InChI is InChI=1S/C15H22ClN3O2/c1-18-13(16)8-17-14(18)9-19-11-6-4-3-5-10(11)7-12(19)15(20)21-2/h8,10-12H,3-7,9H2,1-2H3/t10-,11+,12+/m1/s1. The highest BCUT2D eigenvalue weighted by Crippen LogP contribution is 2.40. The molecule has 2 fully saturated rings. The molecule has 6 heteroatoms. The van der Waals surface area contributed by atoms with E-state index >= 15 is 0 Å². The van der Waals surface area contributed by atoms with Gasteiger partial charge in [0.1, 0.15) is 17.0 Å².